The second kappa shape index (κ2) is 1.21. The number of nitrogens with zero attached hydrogens (tertiary/aromatic N) is 2. The van der Waals surface area contributed by atoms with Crippen LogP contribution in [0.1, 0.15) is 6.92 Å². The number of aromatic nitrogens is 2. The number of carbonyl (C=O) groups excluding carboxylic acids is 1. The molecular formula is C20H17FeN3OS. The monoisotopic (exact) mass is 403 g/mol. The summed E-state index contributed by atoms with van der Waals surface area (Å²) in [6.45, 7) is -1.71. The number of hydrogen-bond acceptors (Lipinski definition) is 5. The number of hydrogen-bond donors (Lipinski definition) is 1. The Morgan fingerprint density at radius 3 is 2.27 bits per heavy atom. The number of fused-ring (bicyclic) bond motifs is 10. The van der Waals surface area contributed by atoms with Crippen molar-refractivity contribution in [1.29, 1.82) is 0 Å². The molecule has 10 aliphatic heterocycles. The van der Waals surface area contributed by atoms with E-state index in [2.05, 4.69) is 39.8 Å². The maximum absolute atomic E-state index is 13.2. The Hall–Kier alpha value is -1.23. The Morgan fingerprint density at radius 2 is 1.73 bits per heavy atom. The average Bonchev–Trinajstić information content (AvgIpc) is 3.54. The van der Waals surface area contributed by atoms with E-state index in [1.54, 1.807) is 11.3 Å². The van der Waals surface area contributed by atoms with Crippen LogP contribution in [0.2, 0.25) is 42.8 Å². The molecule has 1 spiro atoms. The molecule has 0 bridgehead atoms. The fourth-order valence-corrected chi connectivity index (χ4v) is 95.2. The number of ketones is 1. The number of rotatable bonds is 4. The third kappa shape index (κ3) is 0.162. The first-order valence-electron chi connectivity index (χ1n) is 9.82. The Bertz CT molecular complexity index is 1580. The molecule has 5 atom stereocenters. The molecule has 26 heavy (non-hydrogen) atoms. The third-order valence-electron chi connectivity index (χ3n) is 17.1. The molecule has 132 valence electrons. The minimum absolute atomic E-state index is 0.199. The average molecular weight is 403 g/mol. The number of benzene rings is 1. The van der Waals surface area contributed by atoms with E-state index in [4.69, 9.17) is 0 Å². The summed E-state index contributed by atoms with van der Waals surface area (Å²) in [5.74, 6) is 0.597. The zero-order valence-corrected chi connectivity index (χ0v) is 16.0. The quantitative estimate of drug-likeness (QED) is 0.740. The SMILES string of the molecule is CC(=O)[C]12[CH]3[CH]4[CH]5[C]1(Nc1nnc(-c6ccccc6)s1)[Fe]45321678[CH]2[CH]1[CH]6[CH]7[CH]28. The van der Waals surface area contributed by atoms with Crippen LogP contribution in [0.25, 0.3) is 10.6 Å². The zero-order valence-electron chi connectivity index (χ0n) is 14.1. The molecule has 12 rings (SSSR count). The summed E-state index contributed by atoms with van der Waals surface area (Å²) >= 11 is 1.70. The van der Waals surface area contributed by atoms with Gasteiger partial charge in [-0.15, -0.1) is 0 Å². The third-order valence-corrected chi connectivity index (χ3v) is 60.7. The van der Waals surface area contributed by atoms with Gasteiger partial charge in [0.15, 0.2) is 0 Å². The van der Waals surface area contributed by atoms with Gasteiger partial charge in [-0.1, -0.05) is 0 Å². The van der Waals surface area contributed by atoms with Gasteiger partial charge in [-0.05, 0) is 0 Å². The molecule has 10 saturated heterocycles. The van der Waals surface area contributed by atoms with Crippen LogP contribution < -0.4 is 5.32 Å². The first-order chi connectivity index (χ1) is 12.4. The van der Waals surface area contributed by atoms with Crippen LogP contribution in [-0.4, -0.2) is 20.4 Å². The molecule has 5 unspecified atom stereocenters. The Labute approximate surface area is 144 Å². The molecule has 4 nitrogen and oxygen atoms in total. The van der Waals surface area contributed by atoms with Gasteiger partial charge in [-0.25, -0.2) is 0 Å². The Morgan fingerprint density at radius 1 is 1.04 bits per heavy atom. The fourth-order valence-electron chi connectivity index (χ4n) is 19.0. The van der Waals surface area contributed by atoms with Gasteiger partial charge in [-0.3, -0.25) is 0 Å². The van der Waals surface area contributed by atoms with Gasteiger partial charge in [0.25, 0.3) is 0 Å². The van der Waals surface area contributed by atoms with Gasteiger partial charge in [-0.2, -0.15) is 0 Å². The van der Waals surface area contributed by atoms with Crippen molar-refractivity contribution >= 4 is 22.3 Å². The van der Waals surface area contributed by atoms with E-state index < -0.39 is 6.51 Å². The van der Waals surface area contributed by atoms with Crippen LogP contribution >= 0.6 is 11.3 Å². The van der Waals surface area contributed by atoms with E-state index in [9.17, 15) is 4.79 Å². The summed E-state index contributed by atoms with van der Waals surface area (Å²) in [6, 6.07) is 10.4. The van der Waals surface area contributed by atoms with E-state index in [1.165, 1.54) is 0 Å². The van der Waals surface area contributed by atoms with Crippen molar-refractivity contribution < 1.29 is 11.3 Å². The van der Waals surface area contributed by atoms with Crippen molar-refractivity contribution in [2.45, 2.75) is 54.2 Å². The number of anilines is 1. The van der Waals surface area contributed by atoms with Gasteiger partial charge < -0.3 is 0 Å². The molecule has 10 fully saturated rings. The topological polar surface area (TPSA) is 54.9 Å². The van der Waals surface area contributed by atoms with Crippen molar-refractivity contribution in [3.63, 3.8) is 0 Å². The van der Waals surface area contributed by atoms with Crippen molar-refractivity contribution in [1.82, 2.24) is 10.2 Å². The summed E-state index contributed by atoms with van der Waals surface area (Å²) in [5.41, 5.74) is 1.14. The molecule has 11 heterocycles. The normalized spacial score (nSPS) is 84.5. The molecule has 6 heteroatoms. The number of carbonyl (C=O) groups is 1. The molecule has 1 N–H and O–H groups in total. The summed E-state index contributed by atoms with van der Waals surface area (Å²) in [5, 5.41) is 15.1. The predicted octanol–water partition coefficient (Wildman–Crippen LogP) is 4.87. The maximum atomic E-state index is 13.2. The molecule has 0 radical (unpaired) electrons. The summed E-state index contributed by atoms with van der Waals surface area (Å²) in [4.78, 5) is 21.8. The molecular weight excluding hydrogens is 386 g/mol. The van der Waals surface area contributed by atoms with Gasteiger partial charge in [0, 0.05) is 0 Å². The molecule has 1 aromatic heterocycles. The van der Waals surface area contributed by atoms with E-state index in [-0.39, 0.29) is 8.75 Å². The first kappa shape index (κ1) is 10.9. The zero-order chi connectivity index (χ0) is 16.6. The van der Waals surface area contributed by atoms with Crippen LogP contribution in [0, 0.1) is 0 Å². The van der Waals surface area contributed by atoms with Gasteiger partial charge in [0.05, 0.1) is 0 Å². The molecule has 10 aliphatic rings. The number of Topliss-reactive ketones (excluding diaryl/α,β-unsaturated/α-hetero) is 1. The second-order valence-electron chi connectivity index (χ2n) is 12.7. The second-order valence-corrected chi connectivity index (χ2v) is 36.9. The van der Waals surface area contributed by atoms with Crippen molar-refractivity contribution in [2.75, 3.05) is 5.32 Å². The molecule has 0 aliphatic carbocycles. The van der Waals surface area contributed by atoms with E-state index in [0.29, 0.717) is 5.78 Å². The molecule has 1 aromatic carbocycles. The Kier molecular flexibility index (Phi) is 0.511. The molecule has 2 aromatic rings. The predicted molar refractivity (Wildman–Crippen MR) is 95.1 cm³/mol. The summed E-state index contributed by atoms with van der Waals surface area (Å²) in [7, 11) is 0. The van der Waals surface area contributed by atoms with E-state index >= 15 is 0 Å². The van der Waals surface area contributed by atoms with Crippen LogP contribution in [0.3, 0.4) is 0 Å². The van der Waals surface area contributed by atoms with Crippen LogP contribution in [0.15, 0.2) is 30.3 Å². The standard InChI is InChI=1S/C15H12N3OS.C5H5.Fe/c1-10(19)12-8-5-9-13(12)16-15-18-17-14(20-15)11-6-3-2-4-7-11;1-2-4-5-3-1;/h2-9H,1H3,(H,16,18);1-5H;. The summed E-state index contributed by atoms with van der Waals surface area (Å²) < 4.78 is 0.482. The van der Waals surface area contributed by atoms with Gasteiger partial charge in [0.2, 0.25) is 0 Å². The molecule has 0 saturated carbocycles. The van der Waals surface area contributed by atoms with Gasteiger partial charge >= 0.3 is 144 Å². The van der Waals surface area contributed by atoms with E-state index in [1.807, 2.05) is 13.0 Å². The fraction of sp³-hybridized carbons (Fsp3) is 0.550. The van der Waals surface area contributed by atoms with Crippen molar-refractivity contribution in [2.24, 2.45) is 0 Å². The Balaban J connectivity index is 1.15. The van der Waals surface area contributed by atoms with Gasteiger partial charge in [0.1, 0.15) is 0 Å². The first-order valence-corrected chi connectivity index (χ1v) is 16.8. The van der Waals surface area contributed by atoms with E-state index in [0.717, 1.165) is 54.2 Å². The van der Waals surface area contributed by atoms with Crippen LogP contribution in [0.5, 0.6) is 0 Å². The minimum atomic E-state index is -3.67. The number of nitrogens with one attached hydrogen (secondary N) is 1. The summed E-state index contributed by atoms with van der Waals surface area (Å²) in [6.07, 6.45) is 0. The van der Waals surface area contributed by atoms with Crippen LogP contribution in [0.4, 0.5) is 5.13 Å². The van der Waals surface area contributed by atoms with Crippen molar-refractivity contribution in [3.8, 4) is 10.6 Å². The van der Waals surface area contributed by atoms with Crippen LogP contribution in [-0.2, 0) is 11.3 Å². The van der Waals surface area contributed by atoms with Crippen molar-refractivity contribution in [3.05, 3.63) is 30.3 Å². The molecule has 0 amide bonds.